The maximum Gasteiger partial charge on any atom is 0.322 e. The molecule has 2 aliphatic heterocycles. The maximum absolute atomic E-state index is 12.8. The number of piperazine rings is 1. The molecule has 0 aromatic heterocycles. The van der Waals surface area contributed by atoms with Crippen LogP contribution in [0.25, 0.3) is 0 Å². The number of hydrogen-bond donors (Lipinski definition) is 1. The Labute approximate surface area is 169 Å². The van der Waals surface area contributed by atoms with Crippen LogP contribution < -0.4 is 24.3 Å². The number of carbonyl (C=O) groups is 1. The number of nitrogens with one attached hydrogen (secondary N) is 1. The normalized spacial score (nSPS) is 15.9. The van der Waals surface area contributed by atoms with Gasteiger partial charge in [0.25, 0.3) is 0 Å². The minimum absolute atomic E-state index is 0.157. The van der Waals surface area contributed by atoms with E-state index in [4.69, 9.17) is 18.9 Å². The molecule has 0 atom stereocenters. The van der Waals surface area contributed by atoms with Crippen LogP contribution in [-0.2, 0) is 6.54 Å². The molecule has 2 aliphatic rings. The highest BCUT2D eigenvalue weighted by molar-refractivity contribution is 5.93. The fourth-order valence-electron chi connectivity index (χ4n) is 3.57. The predicted molar refractivity (Wildman–Crippen MR) is 108 cm³/mol. The van der Waals surface area contributed by atoms with Gasteiger partial charge in [0.05, 0.1) is 14.2 Å². The minimum atomic E-state index is -0.157. The zero-order valence-electron chi connectivity index (χ0n) is 16.6. The van der Waals surface area contributed by atoms with Crippen molar-refractivity contribution in [1.29, 1.82) is 0 Å². The monoisotopic (exact) mass is 399 g/mol. The molecule has 1 saturated heterocycles. The number of hydrogen-bond acceptors (Lipinski definition) is 6. The van der Waals surface area contributed by atoms with Crippen molar-refractivity contribution >= 4 is 11.7 Å². The molecule has 1 N–H and O–H groups in total. The number of nitrogens with zero attached hydrogens (tertiary/aromatic N) is 2. The van der Waals surface area contributed by atoms with E-state index in [1.54, 1.807) is 26.4 Å². The molecule has 0 radical (unpaired) electrons. The Kier molecular flexibility index (Phi) is 5.62. The van der Waals surface area contributed by atoms with E-state index in [0.717, 1.165) is 31.1 Å². The first-order valence-electron chi connectivity index (χ1n) is 9.55. The Morgan fingerprint density at radius 2 is 1.69 bits per heavy atom. The topological polar surface area (TPSA) is 72.5 Å². The van der Waals surface area contributed by atoms with Gasteiger partial charge in [-0.2, -0.15) is 0 Å². The van der Waals surface area contributed by atoms with Gasteiger partial charge in [0, 0.05) is 32.7 Å². The summed E-state index contributed by atoms with van der Waals surface area (Å²) in [6.45, 7) is 3.98. The number of methoxy groups -OCH3 is 2. The zero-order chi connectivity index (χ0) is 20.2. The van der Waals surface area contributed by atoms with E-state index in [9.17, 15) is 4.79 Å². The molecule has 2 aromatic rings. The van der Waals surface area contributed by atoms with E-state index in [0.29, 0.717) is 30.3 Å². The highest BCUT2D eigenvalue weighted by atomic mass is 16.7. The highest BCUT2D eigenvalue weighted by Crippen LogP contribution is 2.35. The van der Waals surface area contributed by atoms with Crippen molar-refractivity contribution in [2.24, 2.45) is 0 Å². The number of rotatable bonds is 5. The number of ether oxygens (including phenoxy) is 4. The van der Waals surface area contributed by atoms with E-state index >= 15 is 0 Å². The Morgan fingerprint density at radius 3 is 2.38 bits per heavy atom. The molecule has 0 aliphatic carbocycles. The summed E-state index contributed by atoms with van der Waals surface area (Å²) in [6, 6.07) is 11.3. The molecule has 1 fully saturated rings. The number of anilines is 1. The molecule has 0 saturated carbocycles. The predicted octanol–water partition coefficient (Wildman–Crippen LogP) is 2.78. The second-order valence-electron chi connectivity index (χ2n) is 6.92. The van der Waals surface area contributed by atoms with Crippen LogP contribution in [0.1, 0.15) is 5.56 Å². The summed E-state index contributed by atoms with van der Waals surface area (Å²) < 4.78 is 21.5. The van der Waals surface area contributed by atoms with Gasteiger partial charge in [-0.3, -0.25) is 4.90 Å². The van der Waals surface area contributed by atoms with Gasteiger partial charge in [0.15, 0.2) is 11.5 Å². The molecule has 2 amide bonds. The molecule has 4 rings (SSSR count). The summed E-state index contributed by atoms with van der Waals surface area (Å²) in [5.74, 6) is 2.73. The molecule has 0 bridgehead atoms. The van der Waals surface area contributed by atoms with E-state index in [-0.39, 0.29) is 12.8 Å². The van der Waals surface area contributed by atoms with Crippen molar-refractivity contribution in [2.75, 3.05) is 52.5 Å². The van der Waals surface area contributed by atoms with Gasteiger partial charge < -0.3 is 29.2 Å². The molecular formula is C21H25N3O5. The standard InChI is InChI=1S/C21H25N3O5/c1-26-17-4-3-5-18(27-2)20(17)22-21(25)24-10-8-23(9-11-24)13-15-6-7-16-19(12-15)29-14-28-16/h3-7,12H,8-11,13-14H2,1-2H3,(H,22,25). The van der Waals surface area contributed by atoms with Gasteiger partial charge in [0.2, 0.25) is 6.79 Å². The van der Waals surface area contributed by atoms with Crippen LogP contribution in [0.15, 0.2) is 36.4 Å². The number of para-hydroxylation sites is 1. The molecular weight excluding hydrogens is 374 g/mol. The van der Waals surface area contributed by atoms with Crippen LogP contribution in [0.3, 0.4) is 0 Å². The minimum Gasteiger partial charge on any atom is -0.494 e. The van der Waals surface area contributed by atoms with Crippen LogP contribution in [0, 0.1) is 0 Å². The van der Waals surface area contributed by atoms with Crippen LogP contribution in [0.5, 0.6) is 23.0 Å². The first-order valence-corrected chi connectivity index (χ1v) is 9.55. The Hall–Kier alpha value is -3.13. The lowest BCUT2D eigenvalue weighted by Crippen LogP contribution is -2.49. The van der Waals surface area contributed by atoms with Crippen molar-refractivity contribution < 1.29 is 23.7 Å². The first-order chi connectivity index (χ1) is 14.2. The molecule has 2 aromatic carbocycles. The summed E-state index contributed by atoms with van der Waals surface area (Å²) >= 11 is 0. The van der Waals surface area contributed by atoms with Gasteiger partial charge in [-0.05, 0) is 29.8 Å². The third-order valence-corrected chi connectivity index (χ3v) is 5.16. The second-order valence-corrected chi connectivity index (χ2v) is 6.92. The van der Waals surface area contributed by atoms with E-state index in [2.05, 4.69) is 16.3 Å². The van der Waals surface area contributed by atoms with Crippen molar-refractivity contribution in [2.45, 2.75) is 6.54 Å². The van der Waals surface area contributed by atoms with Gasteiger partial charge in [-0.25, -0.2) is 4.79 Å². The number of urea groups is 1. The number of benzene rings is 2. The lowest BCUT2D eigenvalue weighted by molar-refractivity contribution is 0.143. The van der Waals surface area contributed by atoms with Crippen molar-refractivity contribution in [1.82, 2.24) is 9.80 Å². The van der Waals surface area contributed by atoms with Gasteiger partial charge in [0.1, 0.15) is 17.2 Å². The zero-order valence-corrected chi connectivity index (χ0v) is 16.6. The van der Waals surface area contributed by atoms with Crippen LogP contribution in [0.4, 0.5) is 10.5 Å². The van der Waals surface area contributed by atoms with Gasteiger partial charge in [-0.15, -0.1) is 0 Å². The Bertz CT molecular complexity index is 858. The van der Waals surface area contributed by atoms with Gasteiger partial charge >= 0.3 is 6.03 Å². The highest BCUT2D eigenvalue weighted by Gasteiger charge is 2.23. The lowest BCUT2D eigenvalue weighted by atomic mass is 10.1. The molecule has 0 spiro atoms. The smallest absolute Gasteiger partial charge is 0.322 e. The van der Waals surface area contributed by atoms with Gasteiger partial charge in [-0.1, -0.05) is 12.1 Å². The SMILES string of the molecule is COc1cccc(OC)c1NC(=O)N1CCN(Cc2ccc3c(c2)OCO3)CC1. The number of fused-ring (bicyclic) bond motifs is 1. The van der Waals surface area contributed by atoms with Crippen molar-refractivity contribution in [3.8, 4) is 23.0 Å². The number of amides is 2. The fraction of sp³-hybridized carbons (Fsp3) is 0.381. The quantitative estimate of drug-likeness (QED) is 0.834. The average molecular weight is 399 g/mol. The maximum atomic E-state index is 12.8. The van der Waals surface area contributed by atoms with Crippen molar-refractivity contribution in [3.05, 3.63) is 42.0 Å². The van der Waals surface area contributed by atoms with Crippen LogP contribution >= 0.6 is 0 Å². The Balaban J connectivity index is 1.33. The van der Waals surface area contributed by atoms with E-state index in [1.165, 1.54) is 5.56 Å². The molecule has 0 unspecified atom stereocenters. The number of carbonyl (C=O) groups excluding carboxylic acids is 1. The van der Waals surface area contributed by atoms with E-state index < -0.39 is 0 Å². The van der Waals surface area contributed by atoms with Crippen molar-refractivity contribution in [3.63, 3.8) is 0 Å². The van der Waals surface area contributed by atoms with Crippen LogP contribution in [0.2, 0.25) is 0 Å². The third kappa shape index (κ3) is 4.17. The van der Waals surface area contributed by atoms with Crippen LogP contribution in [-0.4, -0.2) is 63.0 Å². The molecule has 2 heterocycles. The average Bonchev–Trinajstić information content (AvgIpc) is 3.22. The summed E-state index contributed by atoms with van der Waals surface area (Å²) in [7, 11) is 3.14. The second kappa shape index (κ2) is 8.48. The fourth-order valence-corrected chi connectivity index (χ4v) is 3.57. The summed E-state index contributed by atoms with van der Waals surface area (Å²) in [5.41, 5.74) is 1.72. The first kappa shape index (κ1) is 19.2. The van der Waals surface area contributed by atoms with E-state index in [1.807, 2.05) is 23.1 Å². The third-order valence-electron chi connectivity index (χ3n) is 5.16. The Morgan fingerprint density at radius 1 is 1.00 bits per heavy atom. The summed E-state index contributed by atoms with van der Waals surface area (Å²) in [6.07, 6.45) is 0. The summed E-state index contributed by atoms with van der Waals surface area (Å²) in [4.78, 5) is 16.9. The molecule has 8 heteroatoms. The molecule has 29 heavy (non-hydrogen) atoms. The lowest BCUT2D eigenvalue weighted by Gasteiger charge is -2.34. The summed E-state index contributed by atoms with van der Waals surface area (Å²) in [5, 5.41) is 2.93. The molecule has 154 valence electrons. The largest absolute Gasteiger partial charge is 0.494 e. The molecule has 8 nitrogen and oxygen atoms in total.